The minimum absolute atomic E-state index is 0.148. The van der Waals surface area contributed by atoms with Crippen LogP contribution in [-0.2, 0) is 4.74 Å². The Hall–Kier alpha value is -0.240. The van der Waals surface area contributed by atoms with Crippen LogP contribution < -0.4 is 0 Å². The summed E-state index contributed by atoms with van der Waals surface area (Å²) in [6.07, 6.45) is -5.85. The highest BCUT2D eigenvalue weighted by atomic mass is 16.6. The van der Waals surface area contributed by atoms with Crippen molar-refractivity contribution in [2.24, 2.45) is 0 Å². The normalized spacial score (nSPS) is 20.8. The first-order valence-electron chi connectivity index (χ1n) is 3.95. The lowest BCUT2D eigenvalue weighted by Crippen LogP contribution is -2.44. The lowest BCUT2D eigenvalue weighted by molar-refractivity contribution is -0.203. The highest BCUT2D eigenvalue weighted by Crippen LogP contribution is 2.05. The Morgan fingerprint density at radius 2 is 1.62 bits per heavy atom. The molecule has 0 aromatic heterocycles. The summed E-state index contributed by atoms with van der Waals surface area (Å²) >= 11 is 0. The van der Waals surface area contributed by atoms with E-state index < -0.39 is 24.6 Å². The van der Waals surface area contributed by atoms with Gasteiger partial charge in [-0.1, -0.05) is 0 Å². The minimum atomic E-state index is -1.61. The van der Waals surface area contributed by atoms with Gasteiger partial charge in [-0.05, 0) is 6.92 Å². The van der Waals surface area contributed by atoms with Gasteiger partial charge in [0.2, 0.25) is 0 Å². The number of ether oxygens (including phenoxy) is 1. The Bertz CT molecular complexity index is 128. The van der Waals surface area contributed by atoms with Crippen LogP contribution in [0.15, 0.2) is 0 Å². The van der Waals surface area contributed by atoms with E-state index in [-0.39, 0.29) is 13.2 Å². The zero-order chi connectivity index (χ0) is 10.4. The van der Waals surface area contributed by atoms with Crippen LogP contribution in [-0.4, -0.2) is 63.3 Å². The van der Waals surface area contributed by atoms with Crippen molar-refractivity contribution in [3.8, 4) is 0 Å². The minimum Gasteiger partial charge on any atom is -0.394 e. The zero-order valence-electron chi connectivity index (χ0n) is 7.37. The lowest BCUT2D eigenvalue weighted by Gasteiger charge is -2.24. The van der Waals surface area contributed by atoms with E-state index in [0.717, 1.165) is 0 Å². The van der Waals surface area contributed by atoms with E-state index in [2.05, 4.69) is 4.74 Å². The number of aliphatic hydroxyl groups is 5. The second-order valence-corrected chi connectivity index (χ2v) is 2.71. The number of hydrogen-bond acceptors (Lipinski definition) is 6. The average Bonchev–Trinajstić information content (AvgIpc) is 2.11. The second kappa shape index (κ2) is 6.25. The Morgan fingerprint density at radius 1 is 1.08 bits per heavy atom. The molecule has 0 amide bonds. The first-order valence-corrected chi connectivity index (χ1v) is 3.95. The Morgan fingerprint density at radius 3 is 2.00 bits per heavy atom. The van der Waals surface area contributed by atoms with Crippen LogP contribution in [0.1, 0.15) is 6.92 Å². The molecule has 0 fully saturated rings. The molecule has 0 spiro atoms. The standard InChI is InChI=1S/C7H16O6/c1-4(9)5(10)6(11)7(12)13-3-2-8/h4-12H,2-3H2,1H3/t4-,5-,6?,7-/m0/s1. The maximum atomic E-state index is 9.12. The van der Waals surface area contributed by atoms with E-state index >= 15 is 0 Å². The highest BCUT2D eigenvalue weighted by Gasteiger charge is 2.28. The molecular weight excluding hydrogens is 180 g/mol. The molecule has 0 saturated carbocycles. The molecule has 0 rings (SSSR count). The van der Waals surface area contributed by atoms with Crippen molar-refractivity contribution in [3.05, 3.63) is 0 Å². The van der Waals surface area contributed by atoms with Gasteiger partial charge in [0.25, 0.3) is 0 Å². The summed E-state index contributed by atoms with van der Waals surface area (Å²) in [5.41, 5.74) is 0. The summed E-state index contributed by atoms with van der Waals surface area (Å²) in [6, 6.07) is 0. The summed E-state index contributed by atoms with van der Waals surface area (Å²) < 4.78 is 4.51. The molecule has 0 heterocycles. The van der Waals surface area contributed by atoms with Gasteiger partial charge < -0.3 is 30.3 Å². The largest absolute Gasteiger partial charge is 0.394 e. The van der Waals surface area contributed by atoms with Crippen LogP contribution in [0.4, 0.5) is 0 Å². The molecule has 1 unspecified atom stereocenters. The van der Waals surface area contributed by atoms with Gasteiger partial charge in [-0.2, -0.15) is 0 Å². The van der Waals surface area contributed by atoms with Crippen molar-refractivity contribution < 1.29 is 30.3 Å². The molecule has 0 aromatic carbocycles. The van der Waals surface area contributed by atoms with Crippen LogP contribution in [0.5, 0.6) is 0 Å². The van der Waals surface area contributed by atoms with Gasteiger partial charge in [0.05, 0.1) is 19.3 Å². The molecule has 0 saturated heterocycles. The first kappa shape index (κ1) is 12.8. The van der Waals surface area contributed by atoms with Gasteiger partial charge in [-0.3, -0.25) is 0 Å². The maximum absolute atomic E-state index is 9.12. The molecule has 0 aliphatic carbocycles. The summed E-state index contributed by atoms with van der Waals surface area (Å²) in [4.78, 5) is 0. The molecule has 6 heteroatoms. The van der Waals surface area contributed by atoms with Gasteiger partial charge in [0.15, 0.2) is 6.29 Å². The van der Waals surface area contributed by atoms with E-state index in [1.165, 1.54) is 6.92 Å². The Balaban J connectivity index is 3.86. The van der Waals surface area contributed by atoms with Crippen LogP contribution >= 0.6 is 0 Å². The fourth-order valence-corrected chi connectivity index (χ4v) is 0.726. The quantitative estimate of drug-likeness (QED) is 0.298. The van der Waals surface area contributed by atoms with Crippen molar-refractivity contribution in [2.45, 2.75) is 31.5 Å². The van der Waals surface area contributed by atoms with E-state index in [0.29, 0.717) is 0 Å². The maximum Gasteiger partial charge on any atom is 0.183 e. The van der Waals surface area contributed by atoms with Gasteiger partial charge >= 0.3 is 0 Å². The van der Waals surface area contributed by atoms with Gasteiger partial charge in [-0.25, -0.2) is 0 Å². The lowest BCUT2D eigenvalue weighted by atomic mass is 10.1. The third-order valence-corrected chi connectivity index (χ3v) is 1.52. The fourth-order valence-electron chi connectivity index (χ4n) is 0.726. The molecule has 5 N–H and O–H groups in total. The average molecular weight is 196 g/mol. The molecule has 0 bridgehead atoms. The van der Waals surface area contributed by atoms with Crippen molar-refractivity contribution in [1.82, 2.24) is 0 Å². The smallest absolute Gasteiger partial charge is 0.183 e. The Labute approximate surface area is 76.0 Å². The third-order valence-electron chi connectivity index (χ3n) is 1.52. The predicted octanol–water partition coefficient (Wildman–Crippen LogP) is -2.58. The van der Waals surface area contributed by atoms with Gasteiger partial charge in [0.1, 0.15) is 12.2 Å². The third kappa shape index (κ3) is 4.51. The number of rotatable bonds is 6. The van der Waals surface area contributed by atoms with Crippen LogP contribution in [0.3, 0.4) is 0 Å². The zero-order valence-corrected chi connectivity index (χ0v) is 7.37. The molecule has 80 valence electrons. The topological polar surface area (TPSA) is 110 Å². The van der Waals surface area contributed by atoms with E-state index in [1.54, 1.807) is 0 Å². The van der Waals surface area contributed by atoms with Crippen molar-refractivity contribution in [2.75, 3.05) is 13.2 Å². The number of aliphatic hydroxyl groups excluding tert-OH is 5. The van der Waals surface area contributed by atoms with Crippen LogP contribution in [0, 0.1) is 0 Å². The van der Waals surface area contributed by atoms with Crippen LogP contribution in [0.25, 0.3) is 0 Å². The Kier molecular flexibility index (Phi) is 6.13. The van der Waals surface area contributed by atoms with E-state index in [9.17, 15) is 0 Å². The SMILES string of the molecule is C[C@H](O)[C@H](O)C(O)[C@@H](O)OCCO. The molecular formula is C7H16O6. The molecule has 0 aliphatic heterocycles. The molecule has 4 atom stereocenters. The summed E-state index contributed by atoms with van der Waals surface area (Å²) in [7, 11) is 0. The summed E-state index contributed by atoms with van der Waals surface area (Å²) in [5, 5.41) is 44.3. The van der Waals surface area contributed by atoms with Crippen molar-refractivity contribution in [1.29, 1.82) is 0 Å². The van der Waals surface area contributed by atoms with E-state index in [4.69, 9.17) is 25.5 Å². The van der Waals surface area contributed by atoms with Gasteiger partial charge in [-0.15, -0.1) is 0 Å². The summed E-state index contributed by atoms with van der Waals surface area (Å²) in [5.74, 6) is 0. The van der Waals surface area contributed by atoms with E-state index in [1.807, 2.05) is 0 Å². The van der Waals surface area contributed by atoms with Crippen LogP contribution in [0.2, 0.25) is 0 Å². The molecule has 6 nitrogen and oxygen atoms in total. The first-order chi connectivity index (χ1) is 6.00. The second-order valence-electron chi connectivity index (χ2n) is 2.71. The fraction of sp³-hybridized carbons (Fsp3) is 1.00. The molecule has 0 aliphatic rings. The number of hydrogen-bond donors (Lipinski definition) is 5. The predicted molar refractivity (Wildman–Crippen MR) is 42.7 cm³/mol. The van der Waals surface area contributed by atoms with Crippen molar-refractivity contribution >= 4 is 0 Å². The van der Waals surface area contributed by atoms with Crippen molar-refractivity contribution in [3.63, 3.8) is 0 Å². The monoisotopic (exact) mass is 196 g/mol. The molecule has 0 radical (unpaired) electrons. The highest BCUT2D eigenvalue weighted by molar-refractivity contribution is 4.74. The van der Waals surface area contributed by atoms with Gasteiger partial charge in [0, 0.05) is 0 Å². The molecule has 13 heavy (non-hydrogen) atoms. The molecule has 0 aromatic rings. The summed E-state index contributed by atoms with van der Waals surface area (Å²) in [6.45, 7) is 0.825.